The van der Waals surface area contributed by atoms with E-state index in [0.29, 0.717) is 12.2 Å². The van der Waals surface area contributed by atoms with Gasteiger partial charge in [-0.05, 0) is 33.8 Å². The Morgan fingerprint density at radius 1 is 1.46 bits per heavy atom. The molecule has 132 valence electrons. The number of hydrogen-bond donors (Lipinski definition) is 0. The lowest BCUT2D eigenvalue weighted by Gasteiger charge is -2.39. The van der Waals surface area contributed by atoms with Gasteiger partial charge in [-0.2, -0.15) is 0 Å². The molecule has 0 saturated carbocycles. The molecular formula is C17H23NO5S. The Labute approximate surface area is 146 Å². The number of esters is 1. The third-order valence-electron chi connectivity index (χ3n) is 4.31. The number of nitrogens with zero attached hydrogens (tertiary/aromatic N) is 1. The zero-order chi connectivity index (χ0) is 17.7. The lowest BCUT2D eigenvalue weighted by Crippen LogP contribution is -2.59. The van der Waals surface area contributed by atoms with Gasteiger partial charge < -0.3 is 19.1 Å². The first-order valence-corrected chi connectivity index (χ1v) is 8.86. The minimum atomic E-state index is -0.632. The van der Waals surface area contributed by atoms with Gasteiger partial charge in [-0.3, -0.25) is 4.79 Å². The smallest absolute Gasteiger partial charge is 0.330 e. The maximum absolute atomic E-state index is 12.6. The Kier molecular flexibility index (Phi) is 4.30. The molecule has 3 atom stereocenters. The number of ether oxygens (including phenoxy) is 3. The van der Waals surface area contributed by atoms with Gasteiger partial charge in [-0.15, -0.1) is 11.8 Å². The number of carbonyl (C=O) groups excluding carboxylic acids is 2. The van der Waals surface area contributed by atoms with Gasteiger partial charge in [0.2, 0.25) is 0 Å². The summed E-state index contributed by atoms with van der Waals surface area (Å²) in [5.41, 5.74) is 0.679. The summed E-state index contributed by atoms with van der Waals surface area (Å²) in [5, 5.41) is -0.138. The number of β-lactam (4-membered cyclic amide) rings is 1. The van der Waals surface area contributed by atoms with Crippen LogP contribution in [0.25, 0.3) is 0 Å². The van der Waals surface area contributed by atoms with Gasteiger partial charge in [0.15, 0.2) is 5.79 Å². The predicted molar refractivity (Wildman–Crippen MR) is 90.2 cm³/mol. The van der Waals surface area contributed by atoms with Crippen molar-refractivity contribution in [3.63, 3.8) is 0 Å². The van der Waals surface area contributed by atoms with Crippen molar-refractivity contribution in [2.45, 2.75) is 55.7 Å². The summed E-state index contributed by atoms with van der Waals surface area (Å²) in [7, 11) is 0. The predicted octanol–water partition coefficient (Wildman–Crippen LogP) is 1.86. The summed E-state index contributed by atoms with van der Waals surface area (Å²) in [5.74, 6) is -1.15. The number of rotatable bonds is 4. The van der Waals surface area contributed by atoms with Gasteiger partial charge in [-0.1, -0.05) is 12.7 Å². The fourth-order valence-electron chi connectivity index (χ4n) is 3.27. The van der Waals surface area contributed by atoms with Crippen LogP contribution in [-0.4, -0.2) is 58.0 Å². The Balaban J connectivity index is 1.76. The Morgan fingerprint density at radius 3 is 2.75 bits per heavy atom. The molecule has 0 aliphatic carbocycles. The second-order valence-corrected chi connectivity index (χ2v) is 8.83. The van der Waals surface area contributed by atoms with E-state index >= 15 is 0 Å². The van der Waals surface area contributed by atoms with Gasteiger partial charge in [-0.25, -0.2) is 4.79 Å². The van der Waals surface area contributed by atoms with Crippen molar-refractivity contribution in [3.05, 3.63) is 24.3 Å². The monoisotopic (exact) mass is 353 g/mol. The van der Waals surface area contributed by atoms with Crippen molar-refractivity contribution in [1.29, 1.82) is 0 Å². The average molecular weight is 353 g/mol. The molecule has 0 bridgehead atoms. The Hall–Kier alpha value is -1.31. The second kappa shape index (κ2) is 5.89. The summed E-state index contributed by atoms with van der Waals surface area (Å²) >= 11 is 1.60. The molecule has 0 aromatic heterocycles. The topological polar surface area (TPSA) is 65.1 Å². The van der Waals surface area contributed by atoms with Crippen LogP contribution in [0.3, 0.4) is 0 Å². The molecule has 0 radical (unpaired) electrons. The lowest BCUT2D eigenvalue weighted by molar-refractivity contribution is -0.156. The highest BCUT2D eigenvalue weighted by Gasteiger charge is 2.61. The molecule has 1 amide bonds. The molecule has 7 heteroatoms. The lowest BCUT2D eigenvalue weighted by atomic mass is 9.95. The molecule has 0 unspecified atom stereocenters. The van der Waals surface area contributed by atoms with E-state index in [1.807, 2.05) is 33.8 Å². The molecule has 3 heterocycles. The second-order valence-electron chi connectivity index (χ2n) is 7.10. The van der Waals surface area contributed by atoms with Crippen LogP contribution in [0.2, 0.25) is 0 Å². The van der Waals surface area contributed by atoms with Crippen LogP contribution in [0.15, 0.2) is 24.3 Å². The van der Waals surface area contributed by atoms with E-state index in [0.717, 1.165) is 0 Å². The molecule has 0 spiro atoms. The van der Waals surface area contributed by atoms with Gasteiger partial charge in [0, 0.05) is 10.3 Å². The summed E-state index contributed by atoms with van der Waals surface area (Å²) < 4.78 is 16.0. The van der Waals surface area contributed by atoms with Crippen LogP contribution in [-0.2, 0) is 23.8 Å². The Bertz CT molecular complexity index is 612. The van der Waals surface area contributed by atoms with Crippen LogP contribution in [0.5, 0.6) is 0 Å². The third kappa shape index (κ3) is 2.89. The number of thioether (sulfide) groups is 1. The quantitative estimate of drug-likeness (QED) is 0.333. The van der Waals surface area contributed by atoms with Crippen LogP contribution in [0.4, 0.5) is 0 Å². The first-order chi connectivity index (χ1) is 11.2. The highest BCUT2D eigenvalue weighted by molar-refractivity contribution is 8.01. The van der Waals surface area contributed by atoms with Crippen molar-refractivity contribution in [2.24, 2.45) is 0 Å². The van der Waals surface area contributed by atoms with E-state index in [-0.39, 0.29) is 30.0 Å². The zero-order valence-corrected chi connectivity index (χ0v) is 15.2. The largest absolute Gasteiger partial charge is 0.460 e. The van der Waals surface area contributed by atoms with Gasteiger partial charge in [0.05, 0.1) is 6.61 Å². The van der Waals surface area contributed by atoms with E-state index in [2.05, 4.69) is 6.58 Å². The summed E-state index contributed by atoms with van der Waals surface area (Å²) in [6.45, 7) is 11.7. The zero-order valence-electron chi connectivity index (χ0n) is 14.4. The van der Waals surface area contributed by atoms with E-state index in [9.17, 15) is 9.59 Å². The molecule has 3 aliphatic rings. The molecule has 3 saturated heterocycles. The number of carbonyl (C=O) groups is 2. The molecule has 3 rings (SSSR count). The molecular weight excluding hydrogens is 330 g/mol. The molecule has 3 fully saturated rings. The van der Waals surface area contributed by atoms with Crippen molar-refractivity contribution in [3.8, 4) is 0 Å². The molecule has 24 heavy (non-hydrogen) atoms. The van der Waals surface area contributed by atoms with Crippen LogP contribution in [0.1, 0.15) is 27.7 Å². The van der Waals surface area contributed by atoms with Crippen molar-refractivity contribution >= 4 is 23.6 Å². The fourth-order valence-corrected chi connectivity index (χ4v) is 4.83. The van der Waals surface area contributed by atoms with Crippen molar-refractivity contribution in [2.75, 3.05) is 13.2 Å². The van der Waals surface area contributed by atoms with E-state index in [4.69, 9.17) is 14.2 Å². The highest BCUT2D eigenvalue weighted by Crippen LogP contribution is 2.53. The highest BCUT2D eigenvalue weighted by atomic mass is 32.2. The molecule has 0 aromatic rings. The summed E-state index contributed by atoms with van der Waals surface area (Å²) in [4.78, 5) is 26.6. The molecule has 3 aliphatic heterocycles. The van der Waals surface area contributed by atoms with Crippen molar-refractivity contribution < 1.29 is 23.8 Å². The van der Waals surface area contributed by atoms with E-state index in [1.165, 1.54) is 6.08 Å². The standard InChI is InChI=1S/C17H23NO5S/c1-6-7-21-15(20)12-16(2,3)24-14-11(13(19)18(12)14)8-10-9-22-17(4,5)23-10/h6,8,10,12,14H,1,7,9H2,2-5H3/b11-8-/t10-,12-,14+/m0/s1. The maximum atomic E-state index is 12.6. The van der Waals surface area contributed by atoms with E-state index < -0.39 is 16.6 Å². The molecule has 6 nitrogen and oxygen atoms in total. The normalized spacial score (nSPS) is 34.8. The summed E-state index contributed by atoms with van der Waals surface area (Å²) in [6.07, 6.45) is 3.11. The van der Waals surface area contributed by atoms with E-state index in [1.54, 1.807) is 16.7 Å². The van der Waals surface area contributed by atoms with Gasteiger partial charge >= 0.3 is 5.97 Å². The first kappa shape index (κ1) is 17.5. The first-order valence-electron chi connectivity index (χ1n) is 7.98. The van der Waals surface area contributed by atoms with Gasteiger partial charge in [0.25, 0.3) is 5.91 Å². The van der Waals surface area contributed by atoms with Crippen LogP contribution >= 0.6 is 11.8 Å². The maximum Gasteiger partial charge on any atom is 0.330 e. The minimum Gasteiger partial charge on any atom is -0.460 e. The van der Waals surface area contributed by atoms with Crippen molar-refractivity contribution in [1.82, 2.24) is 4.90 Å². The molecule has 0 N–H and O–H groups in total. The SMILES string of the molecule is C=CCOC(=O)[C@@H]1N2C(=O)/C(=C/[C@H]3COC(C)(C)O3)[C@H]2SC1(C)C. The molecule has 0 aromatic carbocycles. The number of hydrogen-bond acceptors (Lipinski definition) is 6. The Morgan fingerprint density at radius 2 is 2.17 bits per heavy atom. The average Bonchev–Trinajstić information content (AvgIpc) is 2.96. The number of fused-ring (bicyclic) bond motifs is 1. The van der Waals surface area contributed by atoms with Crippen LogP contribution in [0, 0.1) is 0 Å². The van der Waals surface area contributed by atoms with Crippen LogP contribution < -0.4 is 0 Å². The fraction of sp³-hybridized carbons (Fsp3) is 0.647. The summed E-state index contributed by atoms with van der Waals surface area (Å²) in [6, 6.07) is -0.589. The minimum absolute atomic E-state index is 0.132. The third-order valence-corrected chi connectivity index (χ3v) is 5.85. The number of amides is 1. The van der Waals surface area contributed by atoms with Gasteiger partial charge in [0.1, 0.15) is 24.1 Å².